The number of amides is 3. The van der Waals surface area contributed by atoms with E-state index in [2.05, 4.69) is 16.0 Å². The summed E-state index contributed by atoms with van der Waals surface area (Å²) in [7, 11) is 0. The largest absolute Gasteiger partial charge is 0.480 e. The van der Waals surface area contributed by atoms with Gasteiger partial charge in [-0.2, -0.15) is 0 Å². The zero-order valence-electron chi connectivity index (χ0n) is 17.5. The topological polar surface area (TPSA) is 160 Å². The Kier molecular flexibility index (Phi) is 10.5. The molecule has 10 heteroatoms. The van der Waals surface area contributed by atoms with Crippen molar-refractivity contribution in [1.82, 2.24) is 16.0 Å². The lowest BCUT2D eigenvalue weighted by Crippen LogP contribution is -2.55. The van der Waals surface area contributed by atoms with E-state index in [1.807, 2.05) is 0 Å². The van der Waals surface area contributed by atoms with Crippen LogP contribution in [0.25, 0.3) is 0 Å². The third-order valence-corrected chi connectivity index (χ3v) is 3.68. The minimum atomic E-state index is -1.09. The smallest absolute Gasteiger partial charge is 0.408 e. The molecule has 0 spiro atoms. The second kappa shape index (κ2) is 11.5. The van der Waals surface area contributed by atoms with E-state index in [0.29, 0.717) is 6.42 Å². The Morgan fingerprint density at radius 2 is 1.61 bits per heavy atom. The number of alkyl carbamates (subject to hydrolysis) is 1. The number of hydrogen-bond acceptors (Lipinski definition) is 6. The summed E-state index contributed by atoms with van der Waals surface area (Å²) in [6, 6.07) is -2.67. The van der Waals surface area contributed by atoms with Gasteiger partial charge >= 0.3 is 12.1 Å². The summed E-state index contributed by atoms with van der Waals surface area (Å²) >= 11 is 0. The van der Waals surface area contributed by atoms with Crippen LogP contribution < -0.4 is 21.7 Å². The normalized spacial score (nSPS) is 14.6. The van der Waals surface area contributed by atoms with Crippen molar-refractivity contribution in [2.45, 2.75) is 78.1 Å². The molecular weight excluding hydrogens is 368 g/mol. The highest BCUT2D eigenvalue weighted by Gasteiger charge is 2.28. The predicted octanol–water partition coefficient (Wildman–Crippen LogP) is 0.349. The number of carbonyl (C=O) groups is 4. The molecule has 162 valence electrons. The number of rotatable bonds is 10. The van der Waals surface area contributed by atoms with Crippen LogP contribution in [-0.4, -0.2) is 59.3 Å². The van der Waals surface area contributed by atoms with Crippen molar-refractivity contribution in [1.29, 1.82) is 0 Å². The van der Waals surface area contributed by atoms with Gasteiger partial charge in [-0.25, -0.2) is 4.79 Å². The van der Waals surface area contributed by atoms with Crippen molar-refractivity contribution < 1.29 is 29.0 Å². The zero-order chi connectivity index (χ0) is 22.1. The molecule has 0 aliphatic heterocycles. The van der Waals surface area contributed by atoms with E-state index in [1.165, 1.54) is 6.92 Å². The van der Waals surface area contributed by atoms with Gasteiger partial charge in [-0.15, -0.1) is 0 Å². The molecule has 6 N–H and O–H groups in total. The number of aliphatic carboxylic acids is 1. The molecule has 0 aromatic heterocycles. The summed E-state index contributed by atoms with van der Waals surface area (Å²) in [4.78, 5) is 47.1. The molecule has 0 aliphatic carbocycles. The van der Waals surface area contributed by atoms with Crippen LogP contribution in [0.5, 0.6) is 0 Å². The lowest BCUT2D eigenvalue weighted by atomic mass is 10.0. The average Bonchev–Trinajstić information content (AvgIpc) is 2.53. The Morgan fingerprint density at radius 1 is 1.04 bits per heavy atom. The molecule has 0 heterocycles. The third kappa shape index (κ3) is 10.7. The Labute approximate surface area is 165 Å². The molecule has 0 saturated carbocycles. The van der Waals surface area contributed by atoms with E-state index in [0.717, 1.165) is 0 Å². The number of nitrogens with one attached hydrogen (secondary N) is 3. The summed E-state index contributed by atoms with van der Waals surface area (Å²) in [5, 5.41) is 16.4. The second-order valence-electron chi connectivity index (χ2n) is 7.98. The lowest BCUT2D eigenvalue weighted by molar-refractivity contribution is -0.138. The SMILES string of the molecule is CC(NC(=O)C(NC(=O)OC(C)(C)C)C(C)C)C(=O)NCCCC(N)C(=O)O. The number of ether oxygens (including phenoxy) is 1. The highest BCUT2D eigenvalue weighted by atomic mass is 16.6. The first kappa shape index (κ1) is 25.6. The zero-order valence-corrected chi connectivity index (χ0v) is 17.5. The summed E-state index contributed by atoms with van der Waals surface area (Å²) in [5.41, 5.74) is 4.69. The summed E-state index contributed by atoms with van der Waals surface area (Å²) in [6.07, 6.45) is -0.0893. The van der Waals surface area contributed by atoms with Gasteiger partial charge in [-0.05, 0) is 46.5 Å². The monoisotopic (exact) mass is 402 g/mol. The van der Waals surface area contributed by atoms with E-state index < -0.39 is 47.6 Å². The maximum Gasteiger partial charge on any atom is 0.408 e. The number of carbonyl (C=O) groups excluding carboxylic acids is 3. The highest BCUT2D eigenvalue weighted by Crippen LogP contribution is 2.09. The Hall–Kier alpha value is -2.36. The standard InChI is InChI=1S/C18H34N4O6/c1-10(2)13(22-17(27)28-18(4,5)6)15(24)21-11(3)14(23)20-9-7-8-12(19)16(25)26/h10-13H,7-9,19H2,1-6H3,(H,20,23)(H,21,24)(H,22,27)(H,25,26). The molecule has 0 fully saturated rings. The van der Waals surface area contributed by atoms with Crippen LogP contribution in [0.2, 0.25) is 0 Å². The van der Waals surface area contributed by atoms with E-state index in [4.69, 9.17) is 15.6 Å². The summed E-state index contributed by atoms with van der Waals surface area (Å²) in [6.45, 7) is 10.4. The fraction of sp³-hybridized carbons (Fsp3) is 0.778. The molecule has 0 aromatic rings. The molecule has 10 nitrogen and oxygen atoms in total. The quantitative estimate of drug-likeness (QED) is 0.329. The van der Waals surface area contributed by atoms with Crippen LogP contribution in [0.3, 0.4) is 0 Å². The van der Waals surface area contributed by atoms with Gasteiger partial charge < -0.3 is 31.5 Å². The van der Waals surface area contributed by atoms with Crippen molar-refractivity contribution in [3.05, 3.63) is 0 Å². The molecule has 0 aliphatic rings. The fourth-order valence-corrected chi connectivity index (χ4v) is 2.15. The molecule has 0 saturated heterocycles. The minimum Gasteiger partial charge on any atom is -0.480 e. The van der Waals surface area contributed by atoms with E-state index in [9.17, 15) is 19.2 Å². The van der Waals surface area contributed by atoms with Crippen molar-refractivity contribution in [2.75, 3.05) is 6.54 Å². The first-order valence-electron chi connectivity index (χ1n) is 9.30. The highest BCUT2D eigenvalue weighted by molar-refractivity contribution is 5.91. The van der Waals surface area contributed by atoms with Crippen LogP contribution in [0, 0.1) is 5.92 Å². The molecular formula is C18H34N4O6. The molecule has 28 heavy (non-hydrogen) atoms. The van der Waals surface area contributed by atoms with Crippen molar-refractivity contribution >= 4 is 23.9 Å². The van der Waals surface area contributed by atoms with Gasteiger partial charge in [0, 0.05) is 6.54 Å². The van der Waals surface area contributed by atoms with Gasteiger partial charge in [0.15, 0.2) is 0 Å². The van der Waals surface area contributed by atoms with Gasteiger partial charge in [0.2, 0.25) is 11.8 Å². The number of carboxylic acids is 1. The van der Waals surface area contributed by atoms with Crippen LogP contribution in [-0.2, 0) is 19.1 Å². The molecule has 0 bridgehead atoms. The van der Waals surface area contributed by atoms with E-state index in [1.54, 1.807) is 34.6 Å². The fourth-order valence-electron chi connectivity index (χ4n) is 2.15. The third-order valence-electron chi connectivity index (χ3n) is 3.68. The van der Waals surface area contributed by atoms with Crippen LogP contribution >= 0.6 is 0 Å². The maximum absolute atomic E-state index is 12.5. The lowest BCUT2D eigenvalue weighted by Gasteiger charge is -2.26. The van der Waals surface area contributed by atoms with Crippen LogP contribution in [0.1, 0.15) is 54.4 Å². The molecule has 3 amide bonds. The van der Waals surface area contributed by atoms with Crippen molar-refractivity contribution in [3.63, 3.8) is 0 Å². The van der Waals surface area contributed by atoms with Gasteiger partial charge in [-0.3, -0.25) is 14.4 Å². The van der Waals surface area contributed by atoms with Gasteiger partial charge in [0.1, 0.15) is 23.7 Å². The first-order chi connectivity index (χ1) is 12.7. The van der Waals surface area contributed by atoms with Crippen LogP contribution in [0.15, 0.2) is 0 Å². The number of nitrogens with two attached hydrogens (primary N) is 1. The van der Waals surface area contributed by atoms with E-state index >= 15 is 0 Å². The maximum atomic E-state index is 12.5. The molecule has 0 aromatic carbocycles. The van der Waals surface area contributed by atoms with Crippen molar-refractivity contribution in [2.24, 2.45) is 11.7 Å². The average molecular weight is 402 g/mol. The van der Waals surface area contributed by atoms with Crippen molar-refractivity contribution in [3.8, 4) is 0 Å². The van der Waals surface area contributed by atoms with E-state index in [-0.39, 0.29) is 18.9 Å². The number of carboxylic acid groups (broad SMARTS) is 1. The Morgan fingerprint density at radius 3 is 2.07 bits per heavy atom. The first-order valence-corrected chi connectivity index (χ1v) is 9.30. The Balaban J connectivity index is 4.54. The van der Waals surface area contributed by atoms with Gasteiger partial charge in [0.05, 0.1) is 0 Å². The van der Waals surface area contributed by atoms with Crippen LogP contribution in [0.4, 0.5) is 4.79 Å². The predicted molar refractivity (Wildman–Crippen MR) is 103 cm³/mol. The summed E-state index contributed by atoms with van der Waals surface area (Å²) < 4.78 is 5.16. The van der Waals surface area contributed by atoms with Gasteiger partial charge in [-0.1, -0.05) is 13.8 Å². The molecule has 0 rings (SSSR count). The number of hydrogen-bond donors (Lipinski definition) is 5. The van der Waals surface area contributed by atoms with Gasteiger partial charge in [0.25, 0.3) is 0 Å². The second-order valence-corrected chi connectivity index (χ2v) is 7.98. The molecule has 3 atom stereocenters. The molecule has 0 radical (unpaired) electrons. The Bertz CT molecular complexity index is 559. The summed E-state index contributed by atoms with van der Waals surface area (Å²) in [5.74, 6) is -2.24. The molecule has 3 unspecified atom stereocenters. The minimum absolute atomic E-state index is 0.222.